The number of hydrogen-bond acceptors (Lipinski definition) is 4. The van der Waals surface area contributed by atoms with Crippen LogP contribution < -0.4 is 5.32 Å². The third-order valence-electron chi connectivity index (χ3n) is 2.76. The summed E-state index contributed by atoms with van der Waals surface area (Å²) in [7, 11) is 0. The van der Waals surface area contributed by atoms with Crippen molar-refractivity contribution in [1.82, 2.24) is 20.1 Å². The van der Waals surface area contributed by atoms with Gasteiger partial charge in [0.1, 0.15) is 5.01 Å². The fraction of sp³-hybridized carbons (Fsp3) is 0.538. The average molecular weight is 264 g/mol. The van der Waals surface area contributed by atoms with Crippen LogP contribution in [-0.2, 0) is 13.1 Å². The SMILES string of the molecule is Cc1nc(Cn2ccc(CNC(C)C)n2)sc1C. The molecule has 98 valence electrons. The number of aromatic nitrogens is 3. The van der Waals surface area contributed by atoms with Gasteiger partial charge in [-0.25, -0.2) is 4.98 Å². The molecule has 1 N–H and O–H groups in total. The summed E-state index contributed by atoms with van der Waals surface area (Å²) in [6.45, 7) is 10.0. The molecular weight excluding hydrogens is 244 g/mol. The maximum atomic E-state index is 4.54. The van der Waals surface area contributed by atoms with E-state index in [2.05, 4.69) is 49.2 Å². The van der Waals surface area contributed by atoms with E-state index in [9.17, 15) is 0 Å². The van der Waals surface area contributed by atoms with Crippen LogP contribution >= 0.6 is 11.3 Å². The van der Waals surface area contributed by atoms with E-state index in [1.165, 1.54) is 4.88 Å². The van der Waals surface area contributed by atoms with E-state index in [1.54, 1.807) is 11.3 Å². The third-order valence-corrected chi connectivity index (χ3v) is 3.82. The summed E-state index contributed by atoms with van der Waals surface area (Å²) in [6.07, 6.45) is 2.02. The van der Waals surface area contributed by atoms with E-state index in [0.717, 1.165) is 29.5 Å². The molecule has 0 amide bonds. The number of rotatable bonds is 5. The molecule has 0 radical (unpaired) electrons. The lowest BCUT2D eigenvalue weighted by atomic mass is 10.3. The first-order valence-corrected chi connectivity index (χ1v) is 7.05. The molecule has 0 aliphatic rings. The highest BCUT2D eigenvalue weighted by atomic mass is 32.1. The molecule has 5 heteroatoms. The highest BCUT2D eigenvalue weighted by Crippen LogP contribution is 2.17. The minimum absolute atomic E-state index is 0.486. The molecule has 0 bridgehead atoms. The number of aryl methyl sites for hydroxylation is 2. The van der Waals surface area contributed by atoms with Gasteiger partial charge in [0.05, 0.1) is 17.9 Å². The molecule has 4 nitrogen and oxygen atoms in total. The molecule has 2 aromatic rings. The van der Waals surface area contributed by atoms with Crippen LogP contribution in [0.2, 0.25) is 0 Å². The van der Waals surface area contributed by atoms with Gasteiger partial charge in [0.2, 0.25) is 0 Å². The summed E-state index contributed by atoms with van der Waals surface area (Å²) >= 11 is 1.75. The maximum absolute atomic E-state index is 4.54. The van der Waals surface area contributed by atoms with E-state index in [0.29, 0.717) is 6.04 Å². The van der Waals surface area contributed by atoms with E-state index in [4.69, 9.17) is 0 Å². The van der Waals surface area contributed by atoms with Crippen LogP contribution in [0.5, 0.6) is 0 Å². The maximum Gasteiger partial charge on any atom is 0.115 e. The average Bonchev–Trinajstić information content (AvgIpc) is 2.85. The Morgan fingerprint density at radius 3 is 2.78 bits per heavy atom. The lowest BCUT2D eigenvalue weighted by molar-refractivity contribution is 0.569. The lowest BCUT2D eigenvalue weighted by Gasteiger charge is -2.04. The van der Waals surface area contributed by atoms with Crippen LogP contribution in [-0.4, -0.2) is 20.8 Å². The first-order valence-electron chi connectivity index (χ1n) is 6.23. The summed E-state index contributed by atoms with van der Waals surface area (Å²) in [4.78, 5) is 5.82. The largest absolute Gasteiger partial charge is 0.309 e. The van der Waals surface area contributed by atoms with Crippen molar-refractivity contribution in [2.75, 3.05) is 0 Å². The predicted octanol–water partition coefficient (Wildman–Crippen LogP) is 2.50. The number of hydrogen-bond donors (Lipinski definition) is 1. The Hall–Kier alpha value is -1.20. The summed E-state index contributed by atoms with van der Waals surface area (Å²) in [5, 5.41) is 9.02. The van der Waals surface area contributed by atoms with Gasteiger partial charge < -0.3 is 5.32 Å². The van der Waals surface area contributed by atoms with Crippen molar-refractivity contribution < 1.29 is 0 Å². The van der Waals surface area contributed by atoms with Gasteiger partial charge in [0, 0.05) is 23.7 Å². The van der Waals surface area contributed by atoms with Gasteiger partial charge in [-0.15, -0.1) is 11.3 Å². The Kier molecular flexibility index (Phi) is 4.14. The second kappa shape index (κ2) is 5.63. The molecule has 0 saturated heterocycles. The van der Waals surface area contributed by atoms with Crippen LogP contribution in [0.3, 0.4) is 0 Å². The third kappa shape index (κ3) is 3.40. The van der Waals surface area contributed by atoms with Crippen molar-refractivity contribution in [3.63, 3.8) is 0 Å². The van der Waals surface area contributed by atoms with Crippen LogP contribution in [0.1, 0.15) is 35.1 Å². The van der Waals surface area contributed by atoms with Gasteiger partial charge in [-0.05, 0) is 19.9 Å². The molecule has 0 unspecified atom stereocenters. The first kappa shape index (κ1) is 13.2. The standard InChI is InChI=1S/C13H20N4S/c1-9(2)14-7-12-5-6-17(16-12)8-13-15-10(3)11(4)18-13/h5-6,9,14H,7-8H2,1-4H3. The Bertz CT molecular complexity index is 493. The van der Waals surface area contributed by atoms with Crippen LogP contribution in [0, 0.1) is 13.8 Å². The highest BCUT2D eigenvalue weighted by Gasteiger charge is 2.06. The lowest BCUT2D eigenvalue weighted by Crippen LogP contribution is -2.22. The molecule has 0 fully saturated rings. The zero-order valence-corrected chi connectivity index (χ0v) is 12.2. The van der Waals surface area contributed by atoms with Gasteiger partial charge in [0.15, 0.2) is 0 Å². The van der Waals surface area contributed by atoms with Crippen molar-refractivity contribution >= 4 is 11.3 Å². The van der Waals surface area contributed by atoms with Crippen LogP contribution in [0.15, 0.2) is 12.3 Å². The molecule has 2 heterocycles. The molecule has 0 atom stereocenters. The smallest absolute Gasteiger partial charge is 0.115 e. The second-order valence-electron chi connectivity index (χ2n) is 4.79. The summed E-state index contributed by atoms with van der Waals surface area (Å²) in [6, 6.07) is 2.54. The van der Waals surface area contributed by atoms with Gasteiger partial charge in [-0.1, -0.05) is 13.8 Å². The molecule has 2 rings (SSSR count). The van der Waals surface area contributed by atoms with Gasteiger partial charge >= 0.3 is 0 Å². The Morgan fingerprint density at radius 2 is 2.17 bits per heavy atom. The van der Waals surface area contributed by atoms with E-state index < -0.39 is 0 Å². The second-order valence-corrected chi connectivity index (χ2v) is 6.08. The molecule has 2 aromatic heterocycles. The minimum Gasteiger partial charge on any atom is -0.309 e. The van der Waals surface area contributed by atoms with Gasteiger partial charge in [0.25, 0.3) is 0 Å². The van der Waals surface area contributed by atoms with Crippen molar-refractivity contribution in [2.24, 2.45) is 0 Å². The molecule has 0 aromatic carbocycles. The fourth-order valence-corrected chi connectivity index (χ4v) is 2.57. The van der Waals surface area contributed by atoms with E-state index >= 15 is 0 Å². The zero-order chi connectivity index (χ0) is 13.1. The van der Waals surface area contributed by atoms with Crippen LogP contribution in [0.25, 0.3) is 0 Å². The normalized spacial score (nSPS) is 11.4. The molecule has 18 heavy (non-hydrogen) atoms. The van der Waals surface area contributed by atoms with E-state index in [-0.39, 0.29) is 0 Å². The Morgan fingerprint density at radius 1 is 1.39 bits per heavy atom. The summed E-state index contributed by atoms with van der Waals surface area (Å²) in [5.41, 5.74) is 2.21. The van der Waals surface area contributed by atoms with Crippen molar-refractivity contribution in [3.8, 4) is 0 Å². The van der Waals surface area contributed by atoms with Gasteiger partial charge in [-0.2, -0.15) is 5.10 Å². The first-order chi connectivity index (χ1) is 8.54. The predicted molar refractivity (Wildman–Crippen MR) is 74.9 cm³/mol. The molecular formula is C13H20N4S. The van der Waals surface area contributed by atoms with Gasteiger partial charge in [-0.3, -0.25) is 4.68 Å². The highest BCUT2D eigenvalue weighted by molar-refractivity contribution is 7.11. The number of thiazole rings is 1. The summed E-state index contributed by atoms with van der Waals surface area (Å²) in [5.74, 6) is 0. The minimum atomic E-state index is 0.486. The molecule has 0 saturated carbocycles. The molecule has 0 aliphatic heterocycles. The number of nitrogens with zero attached hydrogens (tertiary/aromatic N) is 3. The summed E-state index contributed by atoms with van der Waals surface area (Å²) < 4.78 is 1.95. The Labute approximate surface area is 112 Å². The topological polar surface area (TPSA) is 42.7 Å². The quantitative estimate of drug-likeness (QED) is 0.902. The molecule has 0 aliphatic carbocycles. The Balaban J connectivity index is 1.98. The van der Waals surface area contributed by atoms with E-state index in [1.807, 2.05) is 10.9 Å². The van der Waals surface area contributed by atoms with Crippen molar-refractivity contribution in [1.29, 1.82) is 0 Å². The fourth-order valence-electron chi connectivity index (χ4n) is 1.64. The molecule has 0 spiro atoms. The van der Waals surface area contributed by atoms with Crippen molar-refractivity contribution in [2.45, 2.75) is 46.8 Å². The monoisotopic (exact) mass is 264 g/mol. The van der Waals surface area contributed by atoms with Crippen LogP contribution in [0.4, 0.5) is 0 Å². The zero-order valence-electron chi connectivity index (χ0n) is 11.4. The van der Waals surface area contributed by atoms with Crippen molar-refractivity contribution in [3.05, 3.63) is 33.5 Å². The number of nitrogens with one attached hydrogen (secondary N) is 1.